The van der Waals surface area contributed by atoms with Crippen LogP contribution >= 0.6 is 0 Å². The van der Waals surface area contributed by atoms with Crippen LogP contribution in [0.15, 0.2) is 85.5 Å². The van der Waals surface area contributed by atoms with Gasteiger partial charge in [-0.3, -0.25) is 18.6 Å². The molecule has 38 heavy (non-hydrogen) atoms. The first-order valence-corrected chi connectivity index (χ1v) is 12.5. The summed E-state index contributed by atoms with van der Waals surface area (Å²) in [5.74, 6) is 0.618. The molecule has 6 aromatic rings. The van der Waals surface area contributed by atoms with Crippen molar-refractivity contribution in [3.05, 3.63) is 108 Å². The zero-order valence-corrected chi connectivity index (χ0v) is 21.2. The lowest BCUT2D eigenvalue weighted by Gasteiger charge is -2.08. The van der Waals surface area contributed by atoms with Crippen LogP contribution in [0.4, 0.5) is 5.69 Å². The second-order valence-corrected chi connectivity index (χ2v) is 9.08. The quantitative estimate of drug-likeness (QED) is 0.321. The number of amides is 1. The topological polar surface area (TPSA) is 91.3 Å². The van der Waals surface area contributed by atoms with Crippen LogP contribution in [0.5, 0.6) is 5.75 Å². The van der Waals surface area contributed by atoms with E-state index >= 15 is 0 Å². The first-order valence-electron chi connectivity index (χ1n) is 12.5. The molecule has 0 unspecified atom stereocenters. The molecule has 0 bridgehead atoms. The number of imidazole rings is 1. The van der Waals surface area contributed by atoms with E-state index in [0.29, 0.717) is 18.8 Å². The molecule has 0 saturated heterocycles. The lowest BCUT2D eigenvalue weighted by molar-refractivity contribution is 0.102. The predicted molar refractivity (Wildman–Crippen MR) is 146 cm³/mol. The maximum absolute atomic E-state index is 13.2. The lowest BCUT2D eigenvalue weighted by Crippen LogP contribution is -2.14. The summed E-state index contributed by atoms with van der Waals surface area (Å²) in [4.78, 5) is 17.5. The number of carbonyl (C=O) groups is 1. The third-order valence-corrected chi connectivity index (χ3v) is 6.61. The highest BCUT2D eigenvalue weighted by atomic mass is 16.5. The lowest BCUT2D eigenvalue weighted by atomic mass is 10.1. The van der Waals surface area contributed by atoms with E-state index in [1.165, 1.54) is 0 Å². The number of nitrogens with zero attached hydrogens (tertiary/aromatic N) is 6. The van der Waals surface area contributed by atoms with Gasteiger partial charge in [-0.05, 0) is 48.4 Å². The van der Waals surface area contributed by atoms with Gasteiger partial charge < -0.3 is 10.1 Å². The Balaban J connectivity index is 1.26. The van der Waals surface area contributed by atoms with Gasteiger partial charge in [0, 0.05) is 23.3 Å². The van der Waals surface area contributed by atoms with Crippen LogP contribution in [0.25, 0.3) is 16.6 Å². The Morgan fingerprint density at radius 3 is 2.66 bits per heavy atom. The van der Waals surface area contributed by atoms with Gasteiger partial charge in [-0.15, -0.1) is 0 Å². The maximum Gasteiger partial charge on any atom is 0.274 e. The van der Waals surface area contributed by atoms with Crippen LogP contribution in [-0.4, -0.2) is 42.0 Å². The SMILES string of the molecule is CCc1nn(Cc2cnn(Cc3ccc(OC)cc3)c2)c2cccc(NC(=O)c3cnc4ccccn34)c12. The third kappa shape index (κ3) is 4.39. The zero-order chi connectivity index (χ0) is 26.1. The Kier molecular flexibility index (Phi) is 6.09. The van der Waals surface area contributed by atoms with Crippen molar-refractivity contribution in [3.8, 4) is 5.75 Å². The van der Waals surface area contributed by atoms with Gasteiger partial charge in [-0.1, -0.05) is 31.2 Å². The van der Waals surface area contributed by atoms with E-state index in [9.17, 15) is 4.79 Å². The Morgan fingerprint density at radius 2 is 1.84 bits per heavy atom. The number of hydrogen-bond acceptors (Lipinski definition) is 5. The van der Waals surface area contributed by atoms with Crippen molar-refractivity contribution in [2.24, 2.45) is 0 Å². The van der Waals surface area contributed by atoms with Gasteiger partial charge in [-0.25, -0.2) is 4.98 Å². The molecule has 9 heteroatoms. The number of nitrogens with one attached hydrogen (secondary N) is 1. The van der Waals surface area contributed by atoms with E-state index in [2.05, 4.69) is 22.3 Å². The number of carbonyl (C=O) groups excluding carboxylic acids is 1. The molecule has 9 nitrogen and oxygen atoms in total. The molecule has 0 aliphatic carbocycles. The number of rotatable bonds is 8. The number of methoxy groups -OCH3 is 1. The second-order valence-electron chi connectivity index (χ2n) is 9.08. The Hall–Kier alpha value is -4.92. The standard InChI is InChI=1S/C29H27N7O2/c1-3-23-28-24(32-29(37)26-16-30-27-9-4-5-14-35(26)27)7-6-8-25(28)36(33-23)19-21-15-31-34(18-21)17-20-10-12-22(38-2)13-11-20/h4-16,18H,3,17,19H2,1-2H3,(H,32,37). The fourth-order valence-corrected chi connectivity index (χ4v) is 4.73. The van der Waals surface area contributed by atoms with Crippen molar-refractivity contribution in [1.29, 1.82) is 0 Å². The number of aryl methyl sites for hydroxylation is 1. The normalized spacial score (nSPS) is 11.3. The average Bonchev–Trinajstić information content (AvgIpc) is 3.67. The molecule has 6 rings (SSSR count). The van der Waals surface area contributed by atoms with Gasteiger partial charge in [0.15, 0.2) is 0 Å². The van der Waals surface area contributed by atoms with Crippen molar-refractivity contribution >= 4 is 28.1 Å². The van der Waals surface area contributed by atoms with Gasteiger partial charge in [0.25, 0.3) is 5.91 Å². The van der Waals surface area contributed by atoms with Crippen molar-refractivity contribution in [2.75, 3.05) is 12.4 Å². The molecule has 0 atom stereocenters. The molecule has 4 heterocycles. The van der Waals surface area contributed by atoms with Crippen LogP contribution in [0.3, 0.4) is 0 Å². The summed E-state index contributed by atoms with van der Waals surface area (Å²) in [5.41, 5.74) is 6.02. The van der Waals surface area contributed by atoms with Crippen molar-refractivity contribution in [3.63, 3.8) is 0 Å². The minimum atomic E-state index is -0.217. The van der Waals surface area contributed by atoms with E-state index in [-0.39, 0.29) is 5.91 Å². The number of aromatic nitrogens is 6. The number of ether oxygens (including phenoxy) is 1. The molecule has 1 amide bonds. The third-order valence-electron chi connectivity index (χ3n) is 6.61. The summed E-state index contributed by atoms with van der Waals surface area (Å²) >= 11 is 0. The van der Waals surface area contributed by atoms with Crippen LogP contribution < -0.4 is 10.1 Å². The minimum absolute atomic E-state index is 0.217. The fraction of sp³-hybridized carbons (Fsp3) is 0.172. The molecule has 1 N–H and O–H groups in total. The molecule has 0 spiro atoms. The molecular formula is C29H27N7O2. The van der Waals surface area contributed by atoms with Gasteiger partial charge >= 0.3 is 0 Å². The van der Waals surface area contributed by atoms with E-state index in [0.717, 1.165) is 51.2 Å². The van der Waals surface area contributed by atoms with Crippen molar-refractivity contribution < 1.29 is 9.53 Å². The highest BCUT2D eigenvalue weighted by molar-refractivity contribution is 6.08. The van der Waals surface area contributed by atoms with Crippen LogP contribution in [0.2, 0.25) is 0 Å². The first kappa shape index (κ1) is 23.5. The molecule has 0 aliphatic heterocycles. The summed E-state index contributed by atoms with van der Waals surface area (Å²) in [6.45, 7) is 3.31. The largest absolute Gasteiger partial charge is 0.497 e. The van der Waals surface area contributed by atoms with E-state index in [1.807, 2.05) is 88.6 Å². The highest BCUT2D eigenvalue weighted by Gasteiger charge is 2.18. The Labute approximate surface area is 219 Å². The molecule has 0 radical (unpaired) electrons. The van der Waals surface area contributed by atoms with E-state index in [1.54, 1.807) is 17.7 Å². The second kappa shape index (κ2) is 9.85. The first-order chi connectivity index (χ1) is 18.6. The van der Waals surface area contributed by atoms with Crippen molar-refractivity contribution in [2.45, 2.75) is 26.4 Å². The smallest absolute Gasteiger partial charge is 0.274 e. The van der Waals surface area contributed by atoms with E-state index < -0.39 is 0 Å². The molecule has 0 fully saturated rings. The number of anilines is 1. The highest BCUT2D eigenvalue weighted by Crippen LogP contribution is 2.29. The summed E-state index contributed by atoms with van der Waals surface area (Å²) < 4.78 is 10.9. The number of hydrogen-bond donors (Lipinski definition) is 1. The van der Waals surface area contributed by atoms with Gasteiger partial charge in [-0.2, -0.15) is 10.2 Å². The van der Waals surface area contributed by atoms with Gasteiger partial charge in [0.1, 0.15) is 17.1 Å². The Bertz CT molecular complexity index is 1740. The molecule has 190 valence electrons. The van der Waals surface area contributed by atoms with Crippen LogP contribution in [0.1, 0.15) is 34.2 Å². The number of fused-ring (bicyclic) bond motifs is 2. The molecule has 0 saturated carbocycles. The monoisotopic (exact) mass is 505 g/mol. The number of benzene rings is 2. The van der Waals surface area contributed by atoms with Crippen LogP contribution in [0, 0.1) is 0 Å². The molecule has 2 aromatic carbocycles. The summed E-state index contributed by atoms with van der Waals surface area (Å²) in [6, 6.07) is 19.5. The maximum atomic E-state index is 13.2. The summed E-state index contributed by atoms with van der Waals surface area (Å²) in [5, 5.41) is 13.5. The molecule has 4 aromatic heterocycles. The zero-order valence-electron chi connectivity index (χ0n) is 21.2. The van der Waals surface area contributed by atoms with Crippen molar-refractivity contribution in [1.82, 2.24) is 28.9 Å². The van der Waals surface area contributed by atoms with Crippen LogP contribution in [-0.2, 0) is 19.5 Å². The van der Waals surface area contributed by atoms with Gasteiger partial charge in [0.05, 0.1) is 49.5 Å². The fourth-order valence-electron chi connectivity index (χ4n) is 4.73. The molecule has 0 aliphatic rings. The minimum Gasteiger partial charge on any atom is -0.497 e. The summed E-state index contributed by atoms with van der Waals surface area (Å²) in [6.07, 6.45) is 8.09. The average molecular weight is 506 g/mol. The predicted octanol–water partition coefficient (Wildman–Crippen LogP) is 4.80. The Morgan fingerprint density at radius 1 is 0.974 bits per heavy atom. The molecular weight excluding hydrogens is 478 g/mol. The van der Waals surface area contributed by atoms with Gasteiger partial charge in [0.2, 0.25) is 0 Å². The van der Waals surface area contributed by atoms with E-state index in [4.69, 9.17) is 9.84 Å². The number of pyridine rings is 1. The summed E-state index contributed by atoms with van der Waals surface area (Å²) in [7, 11) is 1.66.